The second-order valence-corrected chi connectivity index (χ2v) is 14.2. The number of aliphatic carboxylic acids is 1. The van der Waals surface area contributed by atoms with Crippen molar-refractivity contribution < 1.29 is 29.4 Å². The van der Waals surface area contributed by atoms with Gasteiger partial charge in [0.05, 0.1) is 5.71 Å². The molecule has 9 heteroatoms. The number of oxime groups is 1. The molecule has 4 aliphatic carbocycles. The molecule has 0 heterocycles. The van der Waals surface area contributed by atoms with Crippen molar-refractivity contribution in [3.63, 3.8) is 0 Å². The van der Waals surface area contributed by atoms with Gasteiger partial charge in [0.25, 0.3) is 5.91 Å². The molecule has 0 radical (unpaired) electrons. The second-order valence-electron chi connectivity index (χ2n) is 14.2. The number of terminal acetylenes is 1. The van der Waals surface area contributed by atoms with Crippen LogP contribution in [0.5, 0.6) is 0 Å². The van der Waals surface area contributed by atoms with Crippen LogP contribution in [0.15, 0.2) is 16.8 Å². The van der Waals surface area contributed by atoms with Gasteiger partial charge in [0.2, 0.25) is 5.91 Å². The first-order chi connectivity index (χ1) is 19.7. The lowest BCUT2D eigenvalue weighted by atomic mass is 9.46. The standard InChI is InChI=1S/C33H49N3O6/c1-8-33(41)16-13-25-23-10-9-21-17-22(11-14-31(21,6)24(23)12-15-32(25,33)7)36-42-18-26(37)34-27(19(2)3)29(38)35-28(20(4)5)30(39)40/h1,17,19-20,23-25,27-28,41H,9-16,18H2,2-7H3,(H,34,37)(H,35,38)(H,39,40)/b36-22-/t23-,24+,25+,27+,28-,31+,32+,33-/m1/s1. The number of nitrogens with zero attached hydrogens (tertiary/aromatic N) is 1. The third kappa shape index (κ3) is 5.71. The van der Waals surface area contributed by atoms with Crippen LogP contribution in [0.4, 0.5) is 0 Å². The highest BCUT2D eigenvalue weighted by Gasteiger charge is 2.63. The Hall–Kier alpha value is -2.86. The zero-order chi connectivity index (χ0) is 31.0. The minimum atomic E-state index is -1.12. The monoisotopic (exact) mass is 583 g/mol. The van der Waals surface area contributed by atoms with Gasteiger partial charge in [-0.15, -0.1) is 6.42 Å². The SMILES string of the molecule is C#C[C@@]1(O)CC[C@H]2[C@@H]3CCC4=C/C(=N\OCC(=O)N[C@H](C(=O)N[C@@H](C(=O)O)C(C)C)C(C)C)CC[C@]4(C)[C@H]3CC[C@@]21C. The summed E-state index contributed by atoms with van der Waals surface area (Å²) < 4.78 is 0. The van der Waals surface area contributed by atoms with Gasteiger partial charge in [-0.3, -0.25) is 9.59 Å². The highest BCUT2D eigenvalue weighted by Crippen LogP contribution is 2.67. The van der Waals surface area contributed by atoms with E-state index in [1.807, 2.05) is 0 Å². The second kappa shape index (κ2) is 12.0. The number of aliphatic hydroxyl groups is 1. The lowest BCUT2D eigenvalue weighted by Gasteiger charge is -2.58. The number of hydrogen-bond acceptors (Lipinski definition) is 6. The Morgan fingerprint density at radius 2 is 1.69 bits per heavy atom. The van der Waals surface area contributed by atoms with Crippen molar-refractivity contribution in [1.82, 2.24) is 10.6 Å². The first-order valence-electron chi connectivity index (χ1n) is 15.6. The topological polar surface area (TPSA) is 137 Å². The highest BCUT2D eigenvalue weighted by atomic mass is 16.6. The molecule has 0 saturated heterocycles. The smallest absolute Gasteiger partial charge is 0.326 e. The van der Waals surface area contributed by atoms with E-state index in [1.165, 1.54) is 5.57 Å². The Kier molecular flexibility index (Phi) is 9.18. The molecule has 0 unspecified atom stereocenters. The molecule has 0 bridgehead atoms. The molecule has 0 aromatic carbocycles. The number of carboxylic acids is 1. The Morgan fingerprint density at radius 3 is 2.31 bits per heavy atom. The van der Waals surface area contributed by atoms with E-state index in [4.69, 9.17) is 11.3 Å². The maximum absolute atomic E-state index is 12.8. The number of rotatable bonds is 9. The van der Waals surface area contributed by atoms with E-state index in [9.17, 15) is 24.6 Å². The van der Waals surface area contributed by atoms with Crippen LogP contribution in [0, 0.1) is 52.8 Å². The van der Waals surface area contributed by atoms with Crippen LogP contribution < -0.4 is 10.6 Å². The van der Waals surface area contributed by atoms with Gasteiger partial charge in [0.15, 0.2) is 6.61 Å². The summed E-state index contributed by atoms with van der Waals surface area (Å²) in [4.78, 5) is 42.3. The minimum absolute atomic E-state index is 0.0825. The van der Waals surface area contributed by atoms with E-state index in [2.05, 4.69) is 41.6 Å². The van der Waals surface area contributed by atoms with Crippen LogP contribution in [-0.4, -0.2) is 58.0 Å². The van der Waals surface area contributed by atoms with E-state index in [0.717, 1.165) is 50.7 Å². The highest BCUT2D eigenvalue weighted by molar-refractivity contribution is 5.96. The molecule has 0 aromatic rings. The van der Waals surface area contributed by atoms with E-state index in [1.54, 1.807) is 27.7 Å². The number of carboxylic acid groups (broad SMARTS) is 1. The zero-order valence-electron chi connectivity index (χ0n) is 26.0. The molecule has 0 aromatic heterocycles. The Morgan fingerprint density at radius 1 is 1.02 bits per heavy atom. The molecule has 2 amide bonds. The van der Waals surface area contributed by atoms with Gasteiger partial charge < -0.3 is 25.7 Å². The van der Waals surface area contributed by atoms with E-state index >= 15 is 0 Å². The van der Waals surface area contributed by atoms with Gasteiger partial charge in [0, 0.05) is 5.41 Å². The largest absolute Gasteiger partial charge is 0.480 e. The lowest BCUT2D eigenvalue weighted by molar-refractivity contribution is -0.143. The lowest BCUT2D eigenvalue weighted by Crippen LogP contribution is -2.55. The van der Waals surface area contributed by atoms with Gasteiger partial charge in [-0.1, -0.05) is 58.2 Å². The number of carbonyl (C=O) groups excluding carboxylic acids is 2. The first kappa shape index (κ1) is 32.1. The zero-order valence-corrected chi connectivity index (χ0v) is 26.0. The Balaban J connectivity index is 1.36. The van der Waals surface area contributed by atoms with Gasteiger partial charge >= 0.3 is 5.97 Å². The molecule has 42 heavy (non-hydrogen) atoms. The summed E-state index contributed by atoms with van der Waals surface area (Å²) in [5, 5.41) is 30.1. The van der Waals surface area contributed by atoms with Crippen molar-refractivity contribution in [2.24, 2.45) is 45.6 Å². The molecule has 9 nitrogen and oxygen atoms in total. The van der Waals surface area contributed by atoms with Crippen molar-refractivity contribution in [3.05, 3.63) is 11.6 Å². The van der Waals surface area contributed by atoms with Crippen LogP contribution in [-0.2, 0) is 19.2 Å². The molecule has 4 aliphatic rings. The number of nitrogens with one attached hydrogen (secondary N) is 2. The number of amides is 2. The molecule has 0 spiro atoms. The molecule has 0 aliphatic heterocycles. The molecule has 4 N–H and O–H groups in total. The quantitative estimate of drug-likeness (QED) is 0.239. The fourth-order valence-corrected chi connectivity index (χ4v) is 8.58. The summed E-state index contributed by atoms with van der Waals surface area (Å²) in [5.74, 6) is 1.62. The molecule has 232 valence electrons. The predicted octanol–water partition coefficient (Wildman–Crippen LogP) is 4.05. The Labute approximate surface area is 250 Å². The molecule has 4 rings (SSSR count). The molecular weight excluding hydrogens is 534 g/mol. The maximum atomic E-state index is 12.8. The number of fused-ring (bicyclic) bond motifs is 5. The van der Waals surface area contributed by atoms with Gasteiger partial charge in [0.1, 0.15) is 17.7 Å². The average molecular weight is 584 g/mol. The first-order valence-corrected chi connectivity index (χ1v) is 15.6. The van der Waals surface area contributed by atoms with Gasteiger partial charge in [-0.25, -0.2) is 4.79 Å². The summed E-state index contributed by atoms with van der Waals surface area (Å²) in [7, 11) is 0. The van der Waals surface area contributed by atoms with E-state index < -0.39 is 35.5 Å². The number of hydrogen-bond donors (Lipinski definition) is 4. The number of carbonyl (C=O) groups is 3. The molecule has 8 atom stereocenters. The van der Waals surface area contributed by atoms with Crippen molar-refractivity contribution in [2.75, 3.05) is 6.61 Å². The van der Waals surface area contributed by atoms with Crippen molar-refractivity contribution >= 4 is 23.5 Å². The summed E-state index contributed by atoms with van der Waals surface area (Å²) in [5.41, 5.74) is 1.09. The van der Waals surface area contributed by atoms with Crippen LogP contribution in [0.1, 0.15) is 92.9 Å². The number of allylic oxidation sites excluding steroid dienone is 2. The summed E-state index contributed by atoms with van der Waals surface area (Å²) in [6.45, 7) is 11.3. The summed E-state index contributed by atoms with van der Waals surface area (Å²) in [6.07, 6.45) is 15.5. The maximum Gasteiger partial charge on any atom is 0.326 e. The van der Waals surface area contributed by atoms with Crippen LogP contribution >= 0.6 is 0 Å². The van der Waals surface area contributed by atoms with Crippen molar-refractivity contribution in [1.29, 1.82) is 0 Å². The van der Waals surface area contributed by atoms with E-state index in [-0.39, 0.29) is 29.3 Å². The predicted molar refractivity (Wildman–Crippen MR) is 160 cm³/mol. The summed E-state index contributed by atoms with van der Waals surface area (Å²) in [6, 6.07) is -1.93. The van der Waals surface area contributed by atoms with Crippen LogP contribution in [0.3, 0.4) is 0 Å². The molecule has 3 saturated carbocycles. The van der Waals surface area contributed by atoms with Crippen molar-refractivity contribution in [3.8, 4) is 12.3 Å². The third-order valence-corrected chi connectivity index (χ3v) is 11.2. The molecule has 3 fully saturated rings. The Bertz CT molecular complexity index is 1190. The minimum Gasteiger partial charge on any atom is -0.480 e. The fourth-order valence-electron chi connectivity index (χ4n) is 8.58. The van der Waals surface area contributed by atoms with Crippen LogP contribution in [0.25, 0.3) is 0 Å². The van der Waals surface area contributed by atoms with E-state index in [0.29, 0.717) is 24.2 Å². The fraction of sp³-hybridized carbons (Fsp3) is 0.758. The average Bonchev–Trinajstić information content (AvgIpc) is 3.20. The normalized spacial score (nSPS) is 36.1. The molecular formula is C33H49N3O6. The third-order valence-electron chi connectivity index (χ3n) is 11.2. The van der Waals surface area contributed by atoms with Crippen LogP contribution in [0.2, 0.25) is 0 Å². The van der Waals surface area contributed by atoms with Gasteiger partial charge in [-0.2, -0.15) is 0 Å². The summed E-state index contributed by atoms with van der Waals surface area (Å²) >= 11 is 0. The van der Waals surface area contributed by atoms with Gasteiger partial charge in [-0.05, 0) is 92.4 Å². The van der Waals surface area contributed by atoms with Crippen molar-refractivity contribution in [2.45, 2.75) is 111 Å².